The summed E-state index contributed by atoms with van der Waals surface area (Å²) in [5, 5.41) is 0. The lowest BCUT2D eigenvalue weighted by atomic mass is 9.68. The summed E-state index contributed by atoms with van der Waals surface area (Å²) >= 11 is 0. The number of ether oxygens (including phenoxy) is 1. The first-order valence-corrected chi connectivity index (χ1v) is 14.8. The minimum atomic E-state index is -5.60. The highest BCUT2D eigenvalue weighted by molar-refractivity contribution is 5.27. The number of halogens is 5. The molecule has 212 valence electrons. The molecular weight excluding hydrogens is 483 g/mol. The molecule has 0 radical (unpaired) electrons. The van der Waals surface area contributed by atoms with Gasteiger partial charge in [-0.05, 0) is 79.9 Å². The lowest BCUT2D eigenvalue weighted by molar-refractivity contribution is -0.290. The van der Waals surface area contributed by atoms with Crippen LogP contribution < -0.4 is 4.74 Å². The standard InChI is InChI=1S/C31H47F5O/c1-2-3-4-5-6-7-8-24-11-17-27(18-12-24)28-19-13-25(14-20-28)9-10-26-15-21-29(22-16-26)37-23-30(32,33)31(34,35)36/h15-16,21-22,24-25,27-28H,2-14,17-20,23H2,1H3/t24-,25-,27-,28-. The van der Waals surface area contributed by atoms with Crippen molar-refractivity contribution >= 4 is 0 Å². The summed E-state index contributed by atoms with van der Waals surface area (Å²) in [5.41, 5.74) is 1.07. The number of benzene rings is 1. The van der Waals surface area contributed by atoms with Crippen molar-refractivity contribution in [1.29, 1.82) is 0 Å². The molecule has 0 unspecified atom stereocenters. The Morgan fingerprint density at radius 3 is 1.73 bits per heavy atom. The average molecular weight is 531 g/mol. The Morgan fingerprint density at radius 1 is 0.676 bits per heavy atom. The fourth-order valence-electron chi connectivity index (χ4n) is 6.49. The molecule has 1 aromatic rings. The average Bonchev–Trinajstić information content (AvgIpc) is 2.89. The van der Waals surface area contributed by atoms with E-state index in [1.807, 2.05) is 0 Å². The largest absolute Gasteiger partial charge is 0.487 e. The van der Waals surface area contributed by atoms with E-state index < -0.39 is 18.7 Å². The smallest absolute Gasteiger partial charge is 0.456 e. The quantitative estimate of drug-likeness (QED) is 0.172. The molecule has 0 atom stereocenters. The van der Waals surface area contributed by atoms with E-state index in [2.05, 4.69) is 11.7 Å². The molecule has 2 saturated carbocycles. The second-order valence-electron chi connectivity index (χ2n) is 11.8. The first kappa shape index (κ1) is 30.2. The van der Waals surface area contributed by atoms with Crippen LogP contribution in [0.15, 0.2) is 24.3 Å². The predicted octanol–water partition coefficient (Wildman–Crippen LogP) is 10.6. The molecule has 0 N–H and O–H groups in total. The van der Waals surface area contributed by atoms with Crippen molar-refractivity contribution in [3.05, 3.63) is 29.8 Å². The van der Waals surface area contributed by atoms with Gasteiger partial charge >= 0.3 is 12.1 Å². The maximum absolute atomic E-state index is 13.0. The van der Waals surface area contributed by atoms with Crippen LogP contribution in [0.1, 0.15) is 115 Å². The van der Waals surface area contributed by atoms with E-state index in [4.69, 9.17) is 0 Å². The summed E-state index contributed by atoms with van der Waals surface area (Å²) in [4.78, 5) is 0. The Hall–Kier alpha value is -1.33. The molecule has 2 aliphatic rings. The molecule has 3 rings (SSSR count). The number of alkyl halides is 5. The van der Waals surface area contributed by atoms with Crippen molar-refractivity contribution in [1.82, 2.24) is 0 Å². The summed E-state index contributed by atoms with van der Waals surface area (Å²) < 4.78 is 67.6. The molecular formula is C31H47F5O. The van der Waals surface area contributed by atoms with Gasteiger partial charge in [0.25, 0.3) is 0 Å². The van der Waals surface area contributed by atoms with Gasteiger partial charge in [-0.1, -0.05) is 89.7 Å². The van der Waals surface area contributed by atoms with E-state index in [-0.39, 0.29) is 5.75 Å². The monoisotopic (exact) mass is 530 g/mol. The van der Waals surface area contributed by atoms with Crippen molar-refractivity contribution in [3.8, 4) is 5.75 Å². The minimum absolute atomic E-state index is 0.0369. The van der Waals surface area contributed by atoms with Crippen molar-refractivity contribution in [2.24, 2.45) is 23.7 Å². The van der Waals surface area contributed by atoms with Crippen LogP contribution in [0, 0.1) is 23.7 Å². The lowest BCUT2D eigenvalue weighted by Gasteiger charge is -2.38. The second-order valence-corrected chi connectivity index (χ2v) is 11.8. The Kier molecular flexibility index (Phi) is 12.0. The number of unbranched alkanes of at least 4 members (excludes halogenated alkanes) is 5. The van der Waals surface area contributed by atoms with E-state index in [0.717, 1.165) is 42.1 Å². The second kappa shape index (κ2) is 14.7. The highest BCUT2D eigenvalue weighted by Gasteiger charge is 2.58. The predicted molar refractivity (Wildman–Crippen MR) is 140 cm³/mol. The van der Waals surface area contributed by atoms with Crippen LogP contribution in [0.2, 0.25) is 0 Å². The van der Waals surface area contributed by atoms with Gasteiger partial charge in [-0.2, -0.15) is 22.0 Å². The third kappa shape index (κ3) is 10.1. The van der Waals surface area contributed by atoms with E-state index in [1.54, 1.807) is 12.1 Å². The van der Waals surface area contributed by atoms with Crippen LogP contribution >= 0.6 is 0 Å². The van der Waals surface area contributed by atoms with E-state index in [1.165, 1.54) is 108 Å². The zero-order chi connectivity index (χ0) is 26.7. The third-order valence-corrected chi connectivity index (χ3v) is 9.01. The molecule has 2 fully saturated rings. The first-order valence-electron chi connectivity index (χ1n) is 14.8. The van der Waals surface area contributed by atoms with E-state index in [9.17, 15) is 22.0 Å². The molecule has 0 aromatic heterocycles. The summed E-state index contributed by atoms with van der Waals surface area (Å²) in [5.74, 6) is -1.29. The van der Waals surface area contributed by atoms with Crippen LogP contribution in [-0.4, -0.2) is 18.7 Å². The molecule has 0 bridgehead atoms. The zero-order valence-electron chi connectivity index (χ0n) is 22.6. The Bertz CT molecular complexity index is 744. The van der Waals surface area contributed by atoms with E-state index in [0.29, 0.717) is 0 Å². The molecule has 0 amide bonds. The summed E-state index contributed by atoms with van der Waals surface area (Å²) in [7, 11) is 0. The Morgan fingerprint density at radius 2 is 1.19 bits per heavy atom. The molecule has 0 spiro atoms. The Labute approximate surface area is 220 Å². The van der Waals surface area contributed by atoms with Crippen LogP contribution in [0.3, 0.4) is 0 Å². The van der Waals surface area contributed by atoms with Crippen LogP contribution in [0.5, 0.6) is 5.75 Å². The normalized spacial score (nSPS) is 25.2. The fraction of sp³-hybridized carbons (Fsp3) is 0.806. The fourth-order valence-corrected chi connectivity index (χ4v) is 6.49. The molecule has 0 heterocycles. The molecule has 37 heavy (non-hydrogen) atoms. The number of aryl methyl sites for hydroxylation is 1. The molecule has 6 heteroatoms. The lowest BCUT2D eigenvalue weighted by Crippen LogP contribution is -2.41. The van der Waals surface area contributed by atoms with Gasteiger partial charge in [-0.3, -0.25) is 0 Å². The maximum atomic E-state index is 13.0. The SMILES string of the molecule is CCCCCCCC[C@H]1CC[C@H]([C@H]2CC[C@H](CCc3ccc(OCC(F)(F)C(F)(F)F)cc3)CC2)CC1. The molecule has 0 aliphatic heterocycles. The third-order valence-electron chi connectivity index (χ3n) is 9.01. The van der Waals surface area contributed by atoms with Gasteiger partial charge in [0.2, 0.25) is 0 Å². The number of hydrogen-bond acceptors (Lipinski definition) is 1. The van der Waals surface area contributed by atoms with E-state index >= 15 is 0 Å². The van der Waals surface area contributed by atoms with Crippen molar-refractivity contribution in [2.75, 3.05) is 6.61 Å². The van der Waals surface area contributed by atoms with Gasteiger partial charge in [-0.15, -0.1) is 0 Å². The zero-order valence-corrected chi connectivity index (χ0v) is 22.6. The maximum Gasteiger partial charge on any atom is 0.456 e. The van der Waals surface area contributed by atoms with Crippen LogP contribution in [0.25, 0.3) is 0 Å². The molecule has 1 aromatic carbocycles. The van der Waals surface area contributed by atoms with Gasteiger partial charge < -0.3 is 4.74 Å². The number of hydrogen-bond donors (Lipinski definition) is 0. The molecule has 2 aliphatic carbocycles. The van der Waals surface area contributed by atoms with Gasteiger partial charge in [-0.25, -0.2) is 0 Å². The molecule has 1 nitrogen and oxygen atoms in total. The van der Waals surface area contributed by atoms with Gasteiger partial charge in [0.1, 0.15) is 5.75 Å². The summed E-state index contributed by atoms with van der Waals surface area (Å²) in [6, 6.07) is 6.52. The van der Waals surface area contributed by atoms with Gasteiger partial charge in [0.15, 0.2) is 6.61 Å². The van der Waals surface area contributed by atoms with Crippen LogP contribution in [0.4, 0.5) is 22.0 Å². The van der Waals surface area contributed by atoms with Gasteiger partial charge in [0.05, 0.1) is 0 Å². The minimum Gasteiger partial charge on any atom is -0.487 e. The molecule has 0 saturated heterocycles. The van der Waals surface area contributed by atoms with Gasteiger partial charge in [0, 0.05) is 0 Å². The summed E-state index contributed by atoms with van der Waals surface area (Å²) in [6.45, 7) is 0.579. The van der Waals surface area contributed by atoms with Crippen molar-refractivity contribution in [2.45, 2.75) is 128 Å². The topological polar surface area (TPSA) is 9.23 Å². The Balaban J connectivity index is 1.28. The highest BCUT2D eigenvalue weighted by Crippen LogP contribution is 2.43. The van der Waals surface area contributed by atoms with Crippen LogP contribution in [-0.2, 0) is 6.42 Å². The van der Waals surface area contributed by atoms with Crippen molar-refractivity contribution < 1.29 is 26.7 Å². The number of rotatable bonds is 14. The van der Waals surface area contributed by atoms with Crippen molar-refractivity contribution in [3.63, 3.8) is 0 Å². The first-order chi connectivity index (χ1) is 17.7. The highest BCUT2D eigenvalue weighted by atomic mass is 19.4. The summed E-state index contributed by atoms with van der Waals surface area (Å²) in [6.07, 6.45) is 17.2.